The number of ether oxygens (including phenoxy) is 2. The van der Waals surface area contributed by atoms with Crippen molar-refractivity contribution in [2.75, 3.05) is 13.2 Å². The van der Waals surface area contributed by atoms with Crippen molar-refractivity contribution >= 4 is 15.7 Å². The molecule has 2 rings (SSSR count). The molecular formula is C14H13FN2O6S. The van der Waals surface area contributed by atoms with Gasteiger partial charge < -0.3 is 9.47 Å². The maximum atomic E-state index is 13.6. The highest BCUT2D eigenvalue weighted by Gasteiger charge is 2.11. The largest absolute Gasteiger partial charge is 0.490 e. The summed E-state index contributed by atoms with van der Waals surface area (Å²) in [6.07, 6.45) is 0. The third-order valence-corrected chi connectivity index (χ3v) is 3.82. The lowest BCUT2D eigenvalue weighted by atomic mass is 10.3. The van der Waals surface area contributed by atoms with Crippen molar-refractivity contribution in [2.45, 2.75) is 4.90 Å². The van der Waals surface area contributed by atoms with Gasteiger partial charge in [-0.25, -0.2) is 17.9 Å². The van der Waals surface area contributed by atoms with Crippen LogP contribution in [0.25, 0.3) is 0 Å². The maximum absolute atomic E-state index is 13.6. The molecule has 8 nitrogen and oxygen atoms in total. The Morgan fingerprint density at radius 3 is 2.25 bits per heavy atom. The number of non-ortho nitro benzene ring substituents is 1. The molecule has 0 aromatic heterocycles. The van der Waals surface area contributed by atoms with Crippen LogP contribution in [0, 0.1) is 15.9 Å². The van der Waals surface area contributed by atoms with E-state index >= 15 is 0 Å². The molecule has 0 unspecified atom stereocenters. The fourth-order valence-corrected chi connectivity index (χ4v) is 2.27. The quantitative estimate of drug-likeness (QED) is 0.459. The van der Waals surface area contributed by atoms with Crippen LogP contribution < -0.4 is 14.6 Å². The molecule has 2 aromatic rings. The van der Waals surface area contributed by atoms with Crippen molar-refractivity contribution in [1.82, 2.24) is 0 Å². The summed E-state index contributed by atoms with van der Waals surface area (Å²) >= 11 is 0. The van der Waals surface area contributed by atoms with Crippen LogP contribution in [0.4, 0.5) is 10.1 Å². The van der Waals surface area contributed by atoms with E-state index in [-0.39, 0.29) is 29.5 Å². The fourth-order valence-electron chi connectivity index (χ4n) is 1.76. The summed E-state index contributed by atoms with van der Waals surface area (Å²) < 4.78 is 46.2. The van der Waals surface area contributed by atoms with Crippen LogP contribution in [0.1, 0.15) is 0 Å². The predicted molar refractivity (Wildman–Crippen MR) is 81.9 cm³/mol. The first-order valence-electron chi connectivity index (χ1n) is 6.60. The number of hydrogen-bond donors (Lipinski definition) is 1. The molecule has 0 amide bonds. The first kappa shape index (κ1) is 17.6. The second-order valence-electron chi connectivity index (χ2n) is 4.59. The van der Waals surface area contributed by atoms with E-state index < -0.39 is 20.8 Å². The molecule has 0 aliphatic rings. The standard InChI is InChI=1S/C14H13FN2O6S/c15-13-9-10(17(18)19)1-6-14(13)23-8-7-22-11-2-4-12(5-3-11)24(16,20)21/h1-6,9H,7-8H2,(H2,16,20,21). The Hall–Kier alpha value is -2.72. The number of nitro groups is 1. The molecule has 2 N–H and O–H groups in total. The molecule has 0 spiro atoms. The Labute approximate surface area is 136 Å². The molecule has 128 valence electrons. The van der Waals surface area contributed by atoms with Gasteiger partial charge in [-0.3, -0.25) is 10.1 Å². The number of benzene rings is 2. The van der Waals surface area contributed by atoms with Crippen LogP contribution in [0.3, 0.4) is 0 Å². The van der Waals surface area contributed by atoms with Gasteiger partial charge in [0.2, 0.25) is 10.0 Å². The fraction of sp³-hybridized carbons (Fsp3) is 0.143. The lowest BCUT2D eigenvalue weighted by molar-refractivity contribution is -0.385. The van der Waals surface area contributed by atoms with Gasteiger partial charge in [-0.15, -0.1) is 0 Å². The van der Waals surface area contributed by atoms with Gasteiger partial charge in [0.1, 0.15) is 19.0 Å². The molecule has 0 saturated heterocycles. The molecule has 0 bridgehead atoms. The lowest BCUT2D eigenvalue weighted by Gasteiger charge is -2.09. The summed E-state index contributed by atoms with van der Waals surface area (Å²) in [5.74, 6) is -0.592. The number of nitro benzene ring substituents is 1. The van der Waals surface area contributed by atoms with E-state index in [0.29, 0.717) is 5.75 Å². The van der Waals surface area contributed by atoms with E-state index in [9.17, 15) is 22.9 Å². The zero-order valence-corrected chi connectivity index (χ0v) is 13.0. The topological polar surface area (TPSA) is 122 Å². The van der Waals surface area contributed by atoms with E-state index in [2.05, 4.69) is 0 Å². The first-order chi connectivity index (χ1) is 11.3. The zero-order valence-electron chi connectivity index (χ0n) is 12.2. The number of halogens is 1. The molecule has 0 heterocycles. The highest BCUT2D eigenvalue weighted by atomic mass is 32.2. The van der Waals surface area contributed by atoms with Crippen molar-refractivity contribution < 1.29 is 27.2 Å². The van der Waals surface area contributed by atoms with Crippen molar-refractivity contribution in [3.05, 3.63) is 58.4 Å². The minimum absolute atomic E-state index is 0.00826. The molecule has 0 atom stereocenters. The van der Waals surface area contributed by atoms with Crippen LogP contribution in [0.2, 0.25) is 0 Å². The third kappa shape index (κ3) is 4.64. The minimum atomic E-state index is -3.77. The Balaban J connectivity index is 1.86. The van der Waals surface area contributed by atoms with Crippen molar-refractivity contribution in [3.8, 4) is 11.5 Å². The van der Waals surface area contributed by atoms with Gasteiger partial charge in [0, 0.05) is 6.07 Å². The Morgan fingerprint density at radius 1 is 1.08 bits per heavy atom. The Kier molecular flexibility index (Phi) is 5.31. The molecule has 0 radical (unpaired) electrons. The van der Waals surface area contributed by atoms with Gasteiger partial charge in [-0.1, -0.05) is 0 Å². The summed E-state index contributed by atoms with van der Waals surface area (Å²) in [4.78, 5) is 9.75. The summed E-state index contributed by atoms with van der Waals surface area (Å²) in [7, 11) is -3.77. The SMILES string of the molecule is NS(=O)(=O)c1ccc(OCCOc2ccc([N+](=O)[O-])cc2F)cc1. The number of sulfonamides is 1. The number of nitrogens with zero attached hydrogens (tertiary/aromatic N) is 1. The average Bonchev–Trinajstić information content (AvgIpc) is 2.52. The average molecular weight is 356 g/mol. The van der Waals surface area contributed by atoms with Crippen molar-refractivity contribution in [1.29, 1.82) is 0 Å². The van der Waals surface area contributed by atoms with Crippen LogP contribution >= 0.6 is 0 Å². The summed E-state index contributed by atoms with van der Waals surface area (Å²) in [5.41, 5.74) is -0.369. The van der Waals surface area contributed by atoms with Gasteiger partial charge in [0.05, 0.1) is 15.9 Å². The molecule has 0 saturated carbocycles. The second-order valence-corrected chi connectivity index (χ2v) is 6.15. The molecule has 0 aliphatic heterocycles. The van der Waals surface area contributed by atoms with Crippen LogP contribution in [-0.4, -0.2) is 26.6 Å². The van der Waals surface area contributed by atoms with Crippen molar-refractivity contribution in [2.24, 2.45) is 5.14 Å². The molecule has 2 aromatic carbocycles. The molecule has 0 fully saturated rings. The summed E-state index contributed by atoms with van der Waals surface area (Å²) in [6.45, 7) is 0.0524. The van der Waals surface area contributed by atoms with E-state index in [1.54, 1.807) is 0 Å². The van der Waals surface area contributed by atoms with E-state index in [4.69, 9.17) is 14.6 Å². The molecule has 24 heavy (non-hydrogen) atoms. The second kappa shape index (κ2) is 7.23. The number of primary sulfonamides is 1. The van der Waals surface area contributed by atoms with Gasteiger partial charge in [0.15, 0.2) is 11.6 Å². The molecular weight excluding hydrogens is 343 g/mol. The van der Waals surface area contributed by atoms with Crippen LogP contribution in [0.5, 0.6) is 11.5 Å². The maximum Gasteiger partial charge on any atom is 0.272 e. The first-order valence-corrected chi connectivity index (χ1v) is 8.14. The van der Waals surface area contributed by atoms with E-state index in [1.807, 2.05) is 0 Å². The smallest absolute Gasteiger partial charge is 0.272 e. The zero-order chi connectivity index (χ0) is 17.7. The van der Waals surface area contributed by atoms with Gasteiger partial charge in [-0.2, -0.15) is 0 Å². The van der Waals surface area contributed by atoms with Crippen LogP contribution in [-0.2, 0) is 10.0 Å². The van der Waals surface area contributed by atoms with E-state index in [1.165, 1.54) is 24.3 Å². The van der Waals surface area contributed by atoms with E-state index in [0.717, 1.165) is 18.2 Å². The summed E-state index contributed by atoms with van der Waals surface area (Å²) in [6, 6.07) is 8.49. The lowest BCUT2D eigenvalue weighted by Crippen LogP contribution is -2.12. The Bertz CT molecular complexity index is 839. The Morgan fingerprint density at radius 2 is 1.71 bits per heavy atom. The number of nitrogens with two attached hydrogens (primary N) is 1. The number of hydrogen-bond acceptors (Lipinski definition) is 6. The van der Waals surface area contributed by atoms with Gasteiger partial charge >= 0.3 is 0 Å². The minimum Gasteiger partial charge on any atom is -0.490 e. The number of rotatable bonds is 7. The highest BCUT2D eigenvalue weighted by Crippen LogP contribution is 2.22. The van der Waals surface area contributed by atoms with Gasteiger partial charge in [-0.05, 0) is 30.3 Å². The van der Waals surface area contributed by atoms with Crippen molar-refractivity contribution in [3.63, 3.8) is 0 Å². The molecule has 0 aliphatic carbocycles. The van der Waals surface area contributed by atoms with Gasteiger partial charge in [0.25, 0.3) is 5.69 Å². The van der Waals surface area contributed by atoms with Crippen LogP contribution in [0.15, 0.2) is 47.4 Å². The monoisotopic (exact) mass is 356 g/mol. The third-order valence-electron chi connectivity index (χ3n) is 2.89. The predicted octanol–water partition coefficient (Wildman–Crippen LogP) is 1.84. The highest BCUT2D eigenvalue weighted by molar-refractivity contribution is 7.89. The summed E-state index contributed by atoms with van der Waals surface area (Å²) in [5, 5.41) is 15.5. The molecule has 10 heteroatoms. The normalized spacial score (nSPS) is 11.1.